The molecule has 0 fully saturated rings. The fraction of sp³-hybridized carbons (Fsp3) is 0.133. The molecule has 0 saturated heterocycles. The number of phenols is 2. The fourth-order valence-corrected chi connectivity index (χ4v) is 2.26. The Morgan fingerprint density at radius 2 is 1.79 bits per heavy atom. The van der Waals surface area contributed by atoms with Crippen LogP contribution in [0.3, 0.4) is 0 Å². The molecule has 0 aliphatic rings. The van der Waals surface area contributed by atoms with Crippen LogP contribution in [-0.4, -0.2) is 20.0 Å². The molecule has 0 aliphatic heterocycles. The van der Waals surface area contributed by atoms with Gasteiger partial charge in [0.1, 0.15) is 5.69 Å². The lowest BCUT2D eigenvalue weighted by molar-refractivity contribution is 0.404. The third kappa shape index (κ3) is 1.81. The Hall–Kier alpha value is -2.49. The third-order valence-electron chi connectivity index (χ3n) is 3.25. The Bertz CT molecular complexity index is 775. The largest absolute Gasteiger partial charge is 0.504 e. The molecule has 4 heteroatoms. The second kappa shape index (κ2) is 4.02. The van der Waals surface area contributed by atoms with Crippen molar-refractivity contribution in [3.05, 3.63) is 42.0 Å². The van der Waals surface area contributed by atoms with Crippen LogP contribution in [0.1, 0.15) is 5.56 Å². The van der Waals surface area contributed by atoms with E-state index in [1.807, 2.05) is 30.8 Å². The Labute approximate surface area is 110 Å². The summed E-state index contributed by atoms with van der Waals surface area (Å²) >= 11 is 0. The molecular formula is C15H14N2O2. The SMILES string of the molecule is Cc1ccc2c(c1)c(-c1ccc(O)c(O)c1)nn2C. The first-order valence-corrected chi connectivity index (χ1v) is 6.02. The summed E-state index contributed by atoms with van der Waals surface area (Å²) in [6.07, 6.45) is 0. The summed E-state index contributed by atoms with van der Waals surface area (Å²) < 4.78 is 1.81. The summed E-state index contributed by atoms with van der Waals surface area (Å²) in [6.45, 7) is 2.03. The Balaban J connectivity index is 2.29. The Morgan fingerprint density at radius 3 is 2.53 bits per heavy atom. The number of fused-ring (bicyclic) bond motifs is 1. The molecule has 4 nitrogen and oxygen atoms in total. The lowest BCUT2D eigenvalue weighted by Crippen LogP contribution is -1.89. The van der Waals surface area contributed by atoms with E-state index in [4.69, 9.17) is 0 Å². The van der Waals surface area contributed by atoms with Gasteiger partial charge in [-0.05, 0) is 37.3 Å². The van der Waals surface area contributed by atoms with E-state index in [9.17, 15) is 10.2 Å². The number of phenolic OH excluding ortho intramolecular Hbond substituents is 2. The van der Waals surface area contributed by atoms with Gasteiger partial charge in [-0.25, -0.2) is 0 Å². The first-order valence-electron chi connectivity index (χ1n) is 6.02. The van der Waals surface area contributed by atoms with Gasteiger partial charge in [-0.2, -0.15) is 5.10 Å². The van der Waals surface area contributed by atoms with Gasteiger partial charge in [0.2, 0.25) is 0 Å². The van der Waals surface area contributed by atoms with Gasteiger partial charge >= 0.3 is 0 Å². The molecule has 0 spiro atoms. The second-order valence-electron chi connectivity index (χ2n) is 4.70. The number of aryl methyl sites for hydroxylation is 2. The van der Waals surface area contributed by atoms with Crippen molar-refractivity contribution < 1.29 is 10.2 Å². The van der Waals surface area contributed by atoms with Crippen LogP contribution < -0.4 is 0 Å². The quantitative estimate of drug-likeness (QED) is 0.656. The van der Waals surface area contributed by atoms with Gasteiger partial charge in [-0.1, -0.05) is 11.6 Å². The van der Waals surface area contributed by atoms with Crippen molar-refractivity contribution in [2.24, 2.45) is 7.05 Å². The van der Waals surface area contributed by atoms with Crippen LogP contribution in [0.4, 0.5) is 0 Å². The smallest absolute Gasteiger partial charge is 0.158 e. The van der Waals surface area contributed by atoms with Gasteiger partial charge in [0.05, 0.1) is 5.52 Å². The third-order valence-corrected chi connectivity index (χ3v) is 3.25. The second-order valence-corrected chi connectivity index (χ2v) is 4.70. The molecule has 0 unspecified atom stereocenters. The van der Waals surface area contributed by atoms with E-state index in [2.05, 4.69) is 11.2 Å². The molecular weight excluding hydrogens is 240 g/mol. The number of aromatic nitrogens is 2. The Kier molecular flexibility index (Phi) is 2.45. The van der Waals surface area contributed by atoms with Crippen LogP contribution >= 0.6 is 0 Å². The predicted octanol–water partition coefficient (Wildman–Crippen LogP) is 2.96. The number of benzene rings is 2. The zero-order valence-electron chi connectivity index (χ0n) is 10.8. The van der Waals surface area contributed by atoms with Crippen LogP contribution in [0.2, 0.25) is 0 Å². The van der Waals surface area contributed by atoms with Crippen molar-refractivity contribution >= 4 is 10.9 Å². The van der Waals surface area contributed by atoms with E-state index >= 15 is 0 Å². The summed E-state index contributed by atoms with van der Waals surface area (Å²) in [5.41, 5.74) is 3.78. The lowest BCUT2D eigenvalue weighted by atomic mass is 10.1. The zero-order chi connectivity index (χ0) is 13.6. The van der Waals surface area contributed by atoms with Crippen LogP contribution in [0, 0.1) is 6.92 Å². The molecule has 0 aliphatic carbocycles. The minimum Gasteiger partial charge on any atom is -0.504 e. The van der Waals surface area contributed by atoms with Gasteiger partial charge in [-0.3, -0.25) is 4.68 Å². The molecule has 96 valence electrons. The fourth-order valence-electron chi connectivity index (χ4n) is 2.26. The maximum Gasteiger partial charge on any atom is 0.158 e. The highest BCUT2D eigenvalue weighted by atomic mass is 16.3. The molecule has 1 heterocycles. The van der Waals surface area contributed by atoms with Crippen LogP contribution in [-0.2, 0) is 7.05 Å². The van der Waals surface area contributed by atoms with Gasteiger partial charge in [0.25, 0.3) is 0 Å². The molecule has 2 aromatic carbocycles. The molecule has 0 atom stereocenters. The molecule has 0 radical (unpaired) electrons. The summed E-state index contributed by atoms with van der Waals surface area (Å²) in [6, 6.07) is 10.9. The highest BCUT2D eigenvalue weighted by molar-refractivity contribution is 5.94. The van der Waals surface area contributed by atoms with Crippen molar-refractivity contribution in [1.82, 2.24) is 9.78 Å². The summed E-state index contributed by atoms with van der Waals surface area (Å²) in [4.78, 5) is 0. The van der Waals surface area contributed by atoms with Gasteiger partial charge in [0, 0.05) is 18.0 Å². The molecule has 1 aromatic heterocycles. The zero-order valence-corrected chi connectivity index (χ0v) is 10.8. The standard InChI is InChI=1S/C15H14N2O2/c1-9-3-5-12-11(7-9)15(16-17(12)2)10-4-6-13(18)14(19)8-10/h3-8,18-19H,1-2H3. The molecule has 19 heavy (non-hydrogen) atoms. The topological polar surface area (TPSA) is 58.3 Å². The number of aromatic hydroxyl groups is 2. The van der Waals surface area contributed by atoms with Crippen molar-refractivity contribution in [2.75, 3.05) is 0 Å². The number of hydrogen-bond acceptors (Lipinski definition) is 3. The van der Waals surface area contributed by atoms with Crippen molar-refractivity contribution in [2.45, 2.75) is 6.92 Å². The van der Waals surface area contributed by atoms with Gasteiger partial charge in [-0.15, -0.1) is 0 Å². The maximum absolute atomic E-state index is 9.61. The summed E-state index contributed by atoms with van der Waals surface area (Å²) in [5.74, 6) is -0.260. The molecule has 0 amide bonds. The Morgan fingerprint density at radius 1 is 1.00 bits per heavy atom. The average Bonchev–Trinajstić information content (AvgIpc) is 2.70. The van der Waals surface area contributed by atoms with Crippen LogP contribution in [0.15, 0.2) is 36.4 Å². The van der Waals surface area contributed by atoms with E-state index in [0.29, 0.717) is 0 Å². The van der Waals surface area contributed by atoms with Gasteiger partial charge < -0.3 is 10.2 Å². The number of nitrogens with zero attached hydrogens (tertiary/aromatic N) is 2. The van der Waals surface area contributed by atoms with Gasteiger partial charge in [0.15, 0.2) is 11.5 Å². The highest BCUT2D eigenvalue weighted by Gasteiger charge is 2.12. The minimum absolute atomic E-state index is 0.125. The molecule has 0 bridgehead atoms. The first kappa shape index (κ1) is 11.6. The minimum atomic E-state index is -0.135. The van der Waals surface area contributed by atoms with Crippen molar-refractivity contribution in [3.8, 4) is 22.8 Å². The lowest BCUT2D eigenvalue weighted by Gasteiger charge is -2.01. The van der Waals surface area contributed by atoms with E-state index in [0.717, 1.165) is 27.7 Å². The van der Waals surface area contributed by atoms with E-state index in [-0.39, 0.29) is 11.5 Å². The molecule has 3 aromatic rings. The molecule has 2 N–H and O–H groups in total. The number of rotatable bonds is 1. The van der Waals surface area contributed by atoms with Crippen molar-refractivity contribution in [1.29, 1.82) is 0 Å². The molecule has 0 saturated carbocycles. The monoisotopic (exact) mass is 254 g/mol. The average molecular weight is 254 g/mol. The first-order chi connectivity index (χ1) is 9.06. The van der Waals surface area contributed by atoms with Crippen LogP contribution in [0.25, 0.3) is 22.2 Å². The van der Waals surface area contributed by atoms with E-state index in [1.165, 1.54) is 12.1 Å². The van der Waals surface area contributed by atoms with E-state index in [1.54, 1.807) is 6.07 Å². The van der Waals surface area contributed by atoms with Crippen LogP contribution in [0.5, 0.6) is 11.5 Å². The molecule has 3 rings (SSSR count). The summed E-state index contributed by atoms with van der Waals surface area (Å²) in [5, 5.41) is 24.5. The maximum atomic E-state index is 9.61. The normalized spacial score (nSPS) is 11.1. The van der Waals surface area contributed by atoms with Crippen molar-refractivity contribution in [3.63, 3.8) is 0 Å². The van der Waals surface area contributed by atoms with E-state index < -0.39 is 0 Å². The number of hydrogen-bond donors (Lipinski definition) is 2. The predicted molar refractivity (Wildman–Crippen MR) is 74.2 cm³/mol. The highest BCUT2D eigenvalue weighted by Crippen LogP contribution is 2.33. The summed E-state index contributed by atoms with van der Waals surface area (Å²) in [7, 11) is 1.89.